The Kier molecular flexibility index (Phi) is 5.32. The van der Waals surface area contributed by atoms with E-state index < -0.39 is 0 Å². The van der Waals surface area contributed by atoms with Crippen LogP contribution in [0, 0.1) is 11.8 Å². The standard InChI is InChI=1S/C18H23N3O2/c1-12(2)17(22)20-16-8-7-14(10-13(16)3)18(23)21(4)15-6-5-9-19-11-15/h5-9,11-13H,10H2,1-4H3,(H,20,22). The van der Waals surface area contributed by atoms with E-state index in [1.807, 2.05) is 32.9 Å². The fourth-order valence-electron chi connectivity index (χ4n) is 2.36. The van der Waals surface area contributed by atoms with E-state index in [-0.39, 0.29) is 23.7 Å². The normalized spacial score (nSPS) is 17.3. The summed E-state index contributed by atoms with van der Waals surface area (Å²) in [4.78, 5) is 30.0. The third-order valence-corrected chi connectivity index (χ3v) is 3.93. The van der Waals surface area contributed by atoms with Gasteiger partial charge in [-0.05, 0) is 24.6 Å². The Balaban J connectivity index is 2.12. The second kappa shape index (κ2) is 7.22. The first-order valence-corrected chi connectivity index (χ1v) is 7.79. The van der Waals surface area contributed by atoms with Gasteiger partial charge in [-0.15, -0.1) is 0 Å². The summed E-state index contributed by atoms with van der Waals surface area (Å²) in [5, 5.41) is 2.93. The van der Waals surface area contributed by atoms with Gasteiger partial charge in [0.2, 0.25) is 5.91 Å². The lowest BCUT2D eigenvalue weighted by Crippen LogP contribution is -2.33. The fourth-order valence-corrected chi connectivity index (χ4v) is 2.36. The molecule has 1 heterocycles. The largest absolute Gasteiger partial charge is 0.329 e. The highest BCUT2D eigenvalue weighted by atomic mass is 16.2. The number of pyridine rings is 1. The molecule has 1 aromatic heterocycles. The summed E-state index contributed by atoms with van der Waals surface area (Å²) in [6.07, 6.45) is 7.57. The summed E-state index contributed by atoms with van der Waals surface area (Å²) in [7, 11) is 1.74. The molecule has 0 saturated carbocycles. The minimum atomic E-state index is -0.0631. The molecule has 122 valence electrons. The molecule has 5 heteroatoms. The Morgan fingerprint density at radius 3 is 2.65 bits per heavy atom. The maximum Gasteiger partial charge on any atom is 0.254 e. The number of allylic oxidation sites excluding steroid dienone is 3. The third kappa shape index (κ3) is 4.06. The summed E-state index contributed by atoms with van der Waals surface area (Å²) in [5.74, 6) is -0.00939. The van der Waals surface area contributed by atoms with Crippen LogP contribution in [0.5, 0.6) is 0 Å². The Morgan fingerprint density at radius 1 is 1.35 bits per heavy atom. The van der Waals surface area contributed by atoms with E-state index in [1.165, 1.54) is 0 Å². The van der Waals surface area contributed by atoms with Gasteiger partial charge in [0.05, 0.1) is 11.9 Å². The van der Waals surface area contributed by atoms with Gasteiger partial charge in [0.15, 0.2) is 0 Å². The van der Waals surface area contributed by atoms with Crippen molar-refractivity contribution in [2.24, 2.45) is 11.8 Å². The molecule has 23 heavy (non-hydrogen) atoms. The quantitative estimate of drug-likeness (QED) is 0.929. The van der Waals surface area contributed by atoms with E-state index in [0.717, 1.165) is 17.0 Å². The van der Waals surface area contributed by atoms with Crippen molar-refractivity contribution in [3.05, 3.63) is 47.9 Å². The minimum absolute atomic E-state index is 0.00115. The predicted octanol–water partition coefficient (Wildman–Crippen LogP) is 2.67. The van der Waals surface area contributed by atoms with E-state index in [1.54, 1.807) is 36.5 Å². The topological polar surface area (TPSA) is 62.3 Å². The lowest BCUT2D eigenvalue weighted by molar-refractivity contribution is -0.123. The molecule has 1 N–H and O–H groups in total. The van der Waals surface area contributed by atoms with Crippen molar-refractivity contribution < 1.29 is 9.59 Å². The molecule has 1 unspecified atom stereocenters. The van der Waals surface area contributed by atoms with Crippen molar-refractivity contribution in [1.29, 1.82) is 0 Å². The number of amides is 2. The van der Waals surface area contributed by atoms with Crippen LogP contribution in [0.1, 0.15) is 27.2 Å². The number of hydrogen-bond acceptors (Lipinski definition) is 3. The second-order valence-corrected chi connectivity index (χ2v) is 6.14. The molecule has 1 atom stereocenters. The lowest BCUT2D eigenvalue weighted by atomic mass is 9.91. The summed E-state index contributed by atoms with van der Waals surface area (Å²) in [6.45, 7) is 5.73. The molecule has 5 nitrogen and oxygen atoms in total. The van der Waals surface area contributed by atoms with E-state index >= 15 is 0 Å². The zero-order valence-corrected chi connectivity index (χ0v) is 14.0. The minimum Gasteiger partial charge on any atom is -0.329 e. The fraction of sp³-hybridized carbons (Fsp3) is 0.389. The molecule has 1 aliphatic carbocycles. The second-order valence-electron chi connectivity index (χ2n) is 6.14. The highest BCUT2D eigenvalue weighted by molar-refractivity contribution is 6.05. The first-order valence-electron chi connectivity index (χ1n) is 7.79. The van der Waals surface area contributed by atoms with Crippen LogP contribution in [-0.2, 0) is 9.59 Å². The smallest absolute Gasteiger partial charge is 0.254 e. The molecule has 0 aromatic carbocycles. The van der Waals surface area contributed by atoms with Crippen LogP contribution >= 0.6 is 0 Å². The van der Waals surface area contributed by atoms with Crippen molar-refractivity contribution >= 4 is 17.5 Å². The molecular weight excluding hydrogens is 290 g/mol. The average molecular weight is 313 g/mol. The Labute approximate surface area is 137 Å². The number of rotatable bonds is 4. The zero-order valence-electron chi connectivity index (χ0n) is 14.0. The number of carbonyl (C=O) groups excluding carboxylic acids is 2. The Hall–Kier alpha value is -2.43. The van der Waals surface area contributed by atoms with Crippen LogP contribution in [0.2, 0.25) is 0 Å². The number of aromatic nitrogens is 1. The molecular formula is C18H23N3O2. The Morgan fingerprint density at radius 2 is 2.09 bits per heavy atom. The maximum atomic E-state index is 12.6. The SMILES string of the molecule is CC(C)C(=O)NC1=CC=C(C(=O)N(C)c2cccnc2)CC1C. The number of hydrogen-bond donors (Lipinski definition) is 1. The number of nitrogens with one attached hydrogen (secondary N) is 1. The highest BCUT2D eigenvalue weighted by Gasteiger charge is 2.24. The van der Waals surface area contributed by atoms with Crippen molar-refractivity contribution in [3.63, 3.8) is 0 Å². The van der Waals surface area contributed by atoms with Crippen LogP contribution in [-0.4, -0.2) is 23.8 Å². The summed E-state index contributed by atoms with van der Waals surface area (Å²) in [5.41, 5.74) is 2.35. The lowest BCUT2D eigenvalue weighted by Gasteiger charge is -2.25. The summed E-state index contributed by atoms with van der Waals surface area (Å²) in [6, 6.07) is 3.65. The molecule has 1 aromatic rings. The van der Waals surface area contributed by atoms with Crippen molar-refractivity contribution in [3.8, 4) is 0 Å². The van der Waals surface area contributed by atoms with Crippen LogP contribution in [0.15, 0.2) is 47.9 Å². The highest BCUT2D eigenvalue weighted by Crippen LogP contribution is 2.26. The molecule has 0 saturated heterocycles. The van der Waals surface area contributed by atoms with Gasteiger partial charge in [-0.3, -0.25) is 14.6 Å². The number of anilines is 1. The first kappa shape index (κ1) is 16.9. The molecule has 0 aliphatic heterocycles. The third-order valence-electron chi connectivity index (χ3n) is 3.93. The van der Waals surface area contributed by atoms with Gasteiger partial charge >= 0.3 is 0 Å². The van der Waals surface area contributed by atoms with Gasteiger partial charge in [-0.2, -0.15) is 0 Å². The predicted molar refractivity (Wildman–Crippen MR) is 90.6 cm³/mol. The maximum absolute atomic E-state index is 12.6. The molecule has 2 rings (SSSR count). The molecule has 0 bridgehead atoms. The number of likely N-dealkylation sites (N-methyl/N-ethyl adjacent to an activating group) is 1. The van der Waals surface area contributed by atoms with Gasteiger partial charge in [0, 0.05) is 36.4 Å². The molecule has 0 radical (unpaired) electrons. The van der Waals surface area contributed by atoms with Crippen molar-refractivity contribution in [2.45, 2.75) is 27.2 Å². The van der Waals surface area contributed by atoms with Crippen molar-refractivity contribution in [1.82, 2.24) is 10.3 Å². The van der Waals surface area contributed by atoms with Crippen LogP contribution in [0.3, 0.4) is 0 Å². The van der Waals surface area contributed by atoms with Gasteiger partial charge < -0.3 is 10.2 Å². The molecule has 0 fully saturated rings. The Bertz CT molecular complexity index is 647. The molecule has 2 amide bonds. The zero-order chi connectivity index (χ0) is 17.0. The van der Waals surface area contributed by atoms with E-state index in [2.05, 4.69) is 10.3 Å². The molecule has 1 aliphatic rings. The van der Waals surface area contributed by atoms with Gasteiger partial charge in [0.25, 0.3) is 5.91 Å². The summed E-state index contributed by atoms with van der Waals surface area (Å²) >= 11 is 0. The van der Waals surface area contributed by atoms with Crippen molar-refractivity contribution in [2.75, 3.05) is 11.9 Å². The van der Waals surface area contributed by atoms with Gasteiger partial charge in [-0.25, -0.2) is 0 Å². The van der Waals surface area contributed by atoms with Gasteiger partial charge in [-0.1, -0.05) is 26.8 Å². The van der Waals surface area contributed by atoms with E-state index in [0.29, 0.717) is 6.42 Å². The summed E-state index contributed by atoms with van der Waals surface area (Å²) < 4.78 is 0. The van der Waals surface area contributed by atoms with Crippen LogP contribution in [0.4, 0.5) is 5.69 Å². The first-order chi connectivity index (χ1) is 10.9. The van der Waals surface area contributed by atoms with E-state index in [4.69, 9.17) is 0 Å². The van der Waals surface area contributed by atoms with Crippen LogP contribution < -0.4 is 10.2 Å². The van der Waals surface area contributed by atoms with Crippen LogP contribution in [0.25, 0.3) is 0 Å². The monoisotopic (exact) mass is 313 g/mol. The van der Waals surface area contributed by atoms with Gasteiger partial charge in [0.1, 0.15) is 0 Å². The number of carbonyl (C=O) groups is 2. The molecule has 0 spiro atoms. The number of nitrogens with zero attached hydrogens (tertiary/aromatic N) is 2. The average Bonchev–Trinajstić information content (AvgIpc) is 2.56. The van der Waals surface area contributed by atoms with E-state index in [9.17, 15) is 9.59 Å².